The van der Waals surface area contributed by atoms with Crippen molar-refractivity contribution in [2.24, 2.45) is 0 Å². The number of hydrogen-bond acceptors (Lipinski definition) is 6. The third-order valence-corrected chi connectivity index (χ3v) is 4.66. The molecule has 3 heterocycles. The standard InChI is InChI=1S/C15H19N3O4S/c1-10-9-21-11(2)8-17(10)13(19)5-6-18-15(20)22-14(16-18)12-4-3-7-23-12/h3-4,7,10-11H,5-6,8-9H2,1-2H3/t10-,11-/m0/s1. The fourth-order valence-corrected chi connectivity index (χ4v) is 3.19. The van der Waals surface area contributed by atoms with E-state index >= 15 is 0 Å². The van der Waals surface area contributed by atoms with E-state index in [0.717, 1.165) is 4.88 Å². The molecule has 8 heteroatoms. The largest absolute Gasteiger partial charge is 0.437 e. The summed E-state index contributed by atoms with van der Waals surface area (Å²) in [5.41, 5.74) is 0. The maximum atomic E-state index is 12.4. The molecule has 0 N–H and O–H groups in total. The van der Waals surface area contributed by atoms with Crippen LogP contribution in [-0.4, -0.2) is 45.9 Å². The molecule has 2 aromatic rings. The number of rotatable bonds is 4. The zero-order valence-electron chi connectivity index (χ0n) is 13.1. The molecule has 1 aliphatic rings. The van der Waals surface area contributed by atoms with Crippen molar-refractivity contribution in [3.05, 3.63) is 28.1 Å². The van der Waals surface area contributed by atoms with Crippen molar-refractivity contribution in [3.63, 3.8) is 0 Å². The average molecular weight is 337 g/mol. The number of thiophene rings is 1. The van der Waals surface area contributed by atoms with E-state index in [2.05, 4.69) is 5.10 Å². The number of hydrogen-bond donors (Lipinski definition) is 0. The Bertz CT molecular complexity index is 721. The lowest BCUT2D eigenvalue weighted by atomic mass is 10.2. The van der Waals surface area contributed by atoms with E-state index in [9.17, 15) is 9.59 Å². The number of aryl methyl sites for hydroxylation is 1. The molecule has 2 atom stereocenters. The fraction of sp³-hybridized carbons (Fsp3) is 0.533. The van der Waals surface area contributed by atoms with Gasteiger partial charge in [-0.2, -0.15) is 4.68 Å². The first kappa shape index (κ1) is 15.9. The third kappa shape index (κ3) is 3.53. The molecule has 0 unspecified atom stereocenters. The lowest BCUT2D eigenvalue weighted by Crippen LogP contribution is -2.50. The van der Waals surface area contributed by atoms with Gasteiger partial charge in [0.25, 0.3) is 5.89 Å². The highest BCUT2D eigenvalue weighted by Crippen LogP contribution is 2.21. The van der Waals surface area contributed by atoms with Gasteiger partial charge >= 0.3 is 5.76 Å². The number of ether oxygens (including phenoxy) is 1. The molecule has 0 saturated carbocycles. The van der Waals surface area contributed by atoms with Crippen LogP contribution in [0.4, 0.5) is 0 Å². The van der Waals surface area contributed by atoms with Crippen molar-refractivity contribution in [1.82, 2.24) is 14.7 Å². The van der Waals surface area contributed by atoms with Crippen LogP contribution in [0.15, 0.2) is 26.7 Å². The number of amides is 1. The minimum absolute atomic E-state index is 0.000207. The molecule has 7 nitrogen and oxygen atoms in total. The highest BCUT2D eigenvalue weighted by Gasteiger charge is 2.27. The Morgan fingerprint density at radius 2 is 2.30 bits per heavy atom. The van der Waals surface area contributed by atoms with Crippen molar-refractivity contribution in [2.75, 3.05) is 13.2 Å². The van der Waals surface area contributed by atoms with Gasteiger partial charge in [0.15, 0.2) is 0 Å². The summed E-state index contributed by atoms with van der Waals surface area (Å²) < 4.78 is 11.9. The number of aromatic nitrogens is 2. The van der Waals surface area contributed by atoms with Gasteiger partial charge in [-0.3, -0.25) is 4.79 Å². The average Bonchev–Trinajstić information content (AvgIpc) is 3.17. The Labute approximate surface area is 137 Å². The summed E-state index contributed by atoms with van der Waals surface area (Å²) in [6.07, 6.45) is 0.253. The minimum Gasteiger partial charge on any atom is -0.387 e. The molecule has 1 amide bonds. The van der Waals surface area contributed by atoms with Crippen LogP contribution in [-0.2, 0) is 16.1 Å². The first-order valence-electron chi connectivity index (χ1n) is 7.57. The van der Waals surface area contributed by atoms with Crippen molar-refractivity contribution in [3.8, 4) is 10.8 Å². The number of carbonyl (C=O) groups excluding carboxylic acids is 1. The quantitative estimate of drug-likeness (QED) is 0.847. The Hall–Kier alpha value is -1.93. The minimum atomic E-state index is -0.537. The predicted molar refractivity (Wildman–Crippen MR) is 85.3 cm³/mol. The van der Waals surface area contributed by atoms with Gasteiger partial charge in [0.1, 0.15) is 0 Å². The lowest BCUT2D eigenvalue weighted by Gasteiger charge is -2.36. The molecule has 3 rings (SSSR count). The van der Waals surface area contributed by atoms with Gasteiger partial charge in [-0.05, 0) is 25.3 Å². The smallest absolute Gasteiger partial charge is 0.387 e. The Morgan fingerprint density at radius 3 is 3.04 bits per heavy atom. The first-order valence-corrected chi connectivity index (χ1v) is 8.45. The van der Waals surface area contributed by atoms with E-state index in [1.165, 1.54) is 16.0 Å². The normalized spacial score (nSPS) is 21.6. The van der Waals surface area contributed by atoms with Crippen LogP contribution in [0, 0.1) is 0 Å². The number of carbonyl (C=O) groups is 1. The van der Waals surface area contributed by atoms with E-state index in [1.807, 2.05) is 31.4 Å². The molecule has 0 bridgehead atoms. The number of nitrogens with zero attached hydrogens (tertiary/aromatic N) is 3. The van der Waals surface area contributed by atoms with E-state index in [4.69, 9.17) is 9.15 Å². The van der Waals surface area contributed by atoms with Gasteiger partial charge in [-0.25, -0.2) is 4.79 Å². The molecule has 0 spiro atoms. The second-order valence-electron chi connectivity index (χ2n) is 5.66. The van der Waals surface area contributed by atoms with Gasteiger partial charge in [-0.1, -0.05) is 6.07 Å². The zero-order chi connectivity index (χ0) is 16.4. The van der Waals surface area contributed by atoms with E-state index in [0.29, 0.717) is 19.0 Å². The second kappa shape index (κ2) is 6.67. The summed E-state index contributed by atoms with van der Waals surface area (Å²) in [4.78, 5) is 26.8. The van der Waals surface area contributed by atoms with E-state index < -0.39 is 5.76 Å². The van der Waals surface area contributed by atoms with Crippen LogP contribution < -0.4 is 5.76 Å². The molecule has 1 fully saturated rings. The molecule has 0 radical (unpaired) electrons. The first-order chi connectivity index (χ1) is 11.0. The molecular formula is C15H19N3O4S. The molecular weight excluding hydrogens is 318 g/mol. The molecule has 2 aromatic heterocycles. The van der Waals surface area contributed by atoms with Crippen molar-refractivity contribution >= 4 is 17.2 Å². The van der Waals surface area contributed by atoms with Crippen LogP contribution >= 0.6 is 11.3 Å². The SMILES string of the molecule is C[C@H]1CN(C(=O)CCn2nc(-c3cccs3)oc2=O)[C@@H](C)CO1. The Kier molecular flexibility index (Phi) is 4.63. The van der Waals surface area contributed by atoms with Crippen molar-refractivity contribution in [2.45, 2.75) is 39.0 Å². The monoisotopic (exact) mass is 337 g/mol. The zero-order valence-corrected chi connectivity index (χ0v) is 13.9. The van der Waals surface area contributed by atoms with Gasteiger partial charge in [0.05, 0.1) is 30.2 Å². The van der Waals surface area contributed by atoms with Gasteiger partial charge in [-0.15, -0.1) is 16.4 Å². The van der Waals surface area contributed by atoms with Crippen LogP contribution in [0.25, 0.3) is 10.8 Å². The molecule has 1 saturated heterocycles. The van der Waals surface area contributed by atoms with E-state index in [1.54, 1.807) is 4.90 Å². The van der Waals surface area contributed by atoms with Gasteiger partial charge in [0, 0.05) is 13.0 Å². The van der Waals surface area contributed by atoms with Crippen LogP contribution in [0.3, 0.4) is 0 Å². The topological polar surface area (TPSA) is 77.6 Å². The van der Waals surface area contributed by atoms with Crippen LogP contribution in [0.5, 0.6) is 0 Å². The fourth-order valence-electron chi connectivity index (χ4n) is 2.54. The summed E-state index contributed by atoms with van der Waals surface area (Å²) >= 11 is 1.45. The molecule has 124 valence electrons. The molecule has 23 heavy (non-hydrogen) atoms. The van der Waals surface area contributed by atoms with Crippen LogP contribution in [0.2, 0.25) is 0 Å². The summed E-state index contributed by atoms with van der Waals surface area (Å²) in [6.45, 7) is 5.24. The van der Waals surface area contributed by atoms with Crippen molar-refractivity contribution < 1.29 is 13.9 Å². The van der Waals surface area contributed by atoms with Gasteiger partial charge in [0.2, 0.25) is 5.91 Å². The maximum Gasteiger partial charge on any atom is 0.437 e. The summed E-state index contributed by atoms with van der Waals surface area (Å²) in [5.74, 6) is -0.240. The highest BCUT2D eigenvalue weighted by molar-refractivity contribution is 7.13. The third-order valence-electron chi connectivity index (χ3n) is 3.80. The second-order valence-corrected chi connectivity index (χ2v) is 6.61. The predicted octanol–water partition coefficient (Wildman–Crippen LogP) is 1.59. The van der Waals surface area contributed by atoms with Gasteiger partial charge < -0.3 is 14.1 Å². The molecule has 0 aromatic carbocycles. The maximum absolute atomic E-state index is 12.4. The van der Waals surface area contributed by atoms with Crippen molar-refractivity contribution in [1.29, 1.82) is 0 Å². The Morgan fingerprint density at radius 1 is 1.48 bits per heavy atom. The summed E-state index contributed by atoms with van der Waals surface area (Å²) in [6, 6.07) is 3.75. The summed E-state index contributed by atoms with van der Waals surface area (Å²) in [5, 5.41) is 6.04. The summed E-state index contributed by atoms with van der Waals surface area (Å²) in [7, 11) is 0. The molecule has 0 aliphatic carbocycles. The lowest BCUT2D eigenvalue weighted by molar-refractivity contribution is -0.143. The van der Waals surface area contributed by atoms with E-state index in [-0.39, 0.29) is 31.0 Å². The number of morpholine rings is 1. The Balaban J connectivity index is 1.64. The highest BCUT2D eigenvalue weighted by atomic mass is 32.1. The van der Waals surface area contributed by atoms with Crippen LogP contribution in [0.1, 0.15) is 20.3 Å². The molecule has 1 aliphatic heterocycles.